The number of rotatable bonds is 3. The summed E-state index contributed by atoms with van der Waals surface area (Å²) in [6, 6.07) is 21.1. The van der Waals surface area contributed by atoms with Crippen molar-refractivity contribution in [1.29, 1.82) is 0 Å². The standard InChI is InChI=1S/C19H16/c1-3-7-16(8-4-1)11-12-17-13-14-19(15-17)18-9-5-2-6-10-18/h1-10,12-15H,11H2. The van der Waals surface area contributed by atoms with E-state index < -0.39 is 0 Å². The summed E-state index contributed by atoms with van der Waals surface area (Å²) in [6.45, 7) is 0. The molecule has 0 atom stereocenters. The van der Waals surface area contributed by atoms with Gasteiger partial charge in [-0.1, -0.05) is 78.9 Å². The highest BCUT2D eigenvalue weighted by atomic mass is 14.1. The van der Waals surface area contributed by atoms with Crippen LogP contribution in [-0.2, 0) is 6.42 Å². The smallest absolute Gasteiger partial charge is 0.00884 e. The van der Waals surface area contributed by atoms with Gasteiger partial charge in [-0.2, -0.15) is 0 Å². The minimum Gasteiger partial charge on any atom is -0.0728 e. The molecule has 19 heavy (non-hydrogen) atoms. The molecule has 0 heterocycles. The average molecular weight is 244 g/mol. The number of benzene rings is 2. The first kappa shape index (κ1) is 11.7. The summed E-state index contributed by atoms with van der Waals surface area (Å²) in [5.41, 5.74) is 5.22. The Morgan fingerprint density at radius 2 is 1.42 bits per heavy atom. The van der Waals surface area contributed by atoms with E-state index in [-0.39, 0.29) is 0 Å². The van der Waals surface area contributed by atoms with E-state index in [9.17, 15) is 0 Å². The highest BCUT2D eigenvalue weighted by Crippen LogP contribution is 2.24. The molecular formula is C19H16. The second kappa shape index (κ2) is 5.53. The molecule has 1 aliphatic carbocycles. The molecule has 0 unspecified atom stereocenters. The van der Waals surface area contributed by atoms with Gasteiger partial charge in [-0.3, -0.25) is 0 Å². The Morgan fingerprint density at radius 1 is 0.737 bits per heavy atom. The SMILES string of the molecule is C1=CC(c2ccccc2)=CC1=CCc1ccccc1. The molecule has 0 spiro atoms. The second-order valence-corrected chi connectivity index (χ2v) is 4.69. The van der Waals surface area contributed by atoms with Crippen LogP contribution in [0.15, 0.2) is 90.5 Å². The first-order chi connectivity index (χ1) is 9.42. The van der Waals surface area contributed by atoms with Crippen LogP contribution in [0.25, 0.3) is 5.57 Å². The minimum absolute atomic E-state index is 0.985. The van der Waals surface area contributed by atoms with Crippen molar-refractivity contribution in [1.82, 2.24) is 0 Å². The quantitative estimate of drug-likeness (QED) is 0.727. The molecule has 0 N–H and O–H groups in total. The van der Waals surface area contributed by atoms with Crippen molar-refractivity contribution in [2.24, 2.45) is 0 Å². The number of hydrogen-bond acceptors (Lipinski definition) is 0. The van der Waals surface area contributed by atoms with Crippen LogP contribution in [0.3, 0.4) is 0 Å². The monoisotopic (exact) mass is 244 g/mol. The van der Waals surface area contributed by atoms with Gasteiger partial charge >= 0.3 is 0 Å². The van der Waals surface area contributed by atoms with Gasteiger partial charge in [0, 0.05) is 0 Å². The normalized spacial score (nSPS) is 15.8. The molecule has 0 saturated carbocycles. The van der Waals surface area contributed by atoms with Gasteiger partial charge in [-0.15, -0.1) is 0 Å². The molecule has 92 valence electrons. The van der Waals surface area contributed by atoms with Gasteiger partial charge in [0.15, 0.2) is 0 Å². The Labute approximate surface area is 114 Å². The van der Waals surface area contributed by atoms with Crippen LogP contribution in [0.5, 0.6) is 0 Å². The fourth-order valence-corrected chi connectivity index (χ4v) is 2.25. The molecule has 3 rings (SSSR count). The topological polar surface area (TPSA) is 0 Å². The molecule has 0 saturated heterocycles. The highest BCUT2D eigenvalue weighted by molar-refractivity contribution is 5.81. The van der Waals surface area contributed by atoms with E-state index in [2.05, 4.69) is 85.0 Å². The third kappa shape index (κ3) is 2.92. The van der Waals surface area contributed by atoms with Gasteiger partial charge in [0.05, 0.1) is 0 Å². The molecule has 2 aromatic rings. The van der Waals surface area contributed by atoms with Crippen molar-refractivity contribution in [3.05, 3.63) is 102 Å². The molecule has 0 bridgehead atoms. The lowest BCUT2D eigenvalue weighted by Gasteiger charge is -1.98. The molecular weight excluding hydrogens is 228 g/mol. The van der Waals surface area contributed by atoms with Crippen LogP contribution in [0.1, 0.15) is 11.1 Å². The Hall–Kier alpha value is -2.34. The number of allylic oxidation sites excluding steroid dienone is 6. The zero-order valence-electron chi connectivity index (χ0n) is 10.8. The lowest BCUT2D eigenvalue weighted by atomic mass is 10.1. The summed E-state index contributed by atoms with van der Waals surface area (Å²) in [7, 11) is 0. The zero-order chi connectivity index (χ0) is 12.9. The molecule has 1 aliphatic rings. The van der Waals surface area contributed by atoms with Crippen LogP contribution < -0.4 is 0 Å². The van der Waals surface area contributed by atoms with Crippen molar-refractivity contribution in [2.75, 3.05) is 0 Å². The zero-order valence-corrected chi connectivity index (χ0v) is 10.8. The fourth-order valence-electron chi connectivity index (χ4n) is 2.25. The van der Waals surface area contributed by atoms with E-state index in [0.717, 1.165) is 6.42 Å². The second-order valence-electron chi connectivity index (χ2n) is 4.69. The molecule has 0 aliphatic heterocycles. The van der Waals surface area contributed by atoms with Gasteiger partial charge in [0.25, 0.3) is 0 Å². The van der Waals surface area contributed by atoms with E-state index in [1.165, 1.54) is 22.3 Å². The third-order valence-corrected chi connectivity index (χ3v) is 3.30. The van der Waals surface area contributed by atoms with Crippen LogP contribution in [0, 0.1) is 0 Å². The Kier molecular flexibility index (Phi) is 3.42. The summed E-state index contributed by atoms with van der Waals surface area (Å²) >= 11 is 0. The van der Waals surface area contributed by atoms with Gasteiger partial charge in [-0.05, 0) is 34.8 Å². The van der Waals surface area contributed by atoms with Crippen molar-refractivity contribution in [2.45, 2.75) is 6.42 Å². The molecule has 2 aromatic carbocycles. The largest absolute Gasteiger partial charge is 0.0728 e. The van der Waals surface area contributed by atoms with Gasteiger partial charge in [-0.25, -0.2) is 0 Å². The van der Waals surface area contributed by atoms with Crippen LogP contribution in [0.4, 0.5) is 0 Å². The predicted octanol–water partition coefficient (Wildman–Crippen LogP) is 4.81. The Morgan fingerprint density at radius 3 is 2.16 bits per heavy atom. The van der Waals surface area contributed by atoms with E-state index in [4.69, 9.17) is 0 Å². The molecule has 0 heteroatoms. The lowest BCUT2D eigenvalue weighted by molar-refractivity contribution is 1.26. The van der Waals surface area contributed by atoms with Gasteiger partial charge in [0.2, 0.25) is 0 Å². The van der Waals surface area contributed by atoms with E-state index >= 15 is 0 Å². The Bertz CT molecular complexity index is 628. The van der Waals surface area contributed by atoms with Gasteiger partial charge in [0.1, 0.15) is 0 Å². The van der Waals surface area contributed by atoms with E-state index in [1.54, 1.807) is 0 Å². The maximum Gasteiger partial charge on any atom is -0.00884 e. The fraction of sp³-hybridized carbons (Fsp3) is 0.0526. The minimum atomic E-state index is 0.985. The van der Waals surface area contributed by atoms with Crippen molar-refractivity contribution in [3.8, 4) is 0 Å². The molecule has 0 aromatic heterocycles. The molecule has 0 amide bonds. The van der Waals surface area contributed by atoms with Crippen LogP contribution >= 0.6 is 0 Å². The first-order valence-electron chi connectivity index (χ1n) is 6.61. The van der Waals surface area contributed by atoms with Crippen molar-refractivity contribution in [3.63, 3.8) is 0 Å². The summed E-state index contributed by atoms with van der Waals surface area (Å²) in [6.07, 6.45) is 9.89. The maximum atomic E-state index is 2.28. The molecule has 0 fully saturated rings. The van der Waals surface area contributed by atoms with Crippen LogP contribution in [0.2, 0.25) is 0 Å². The summed E-state index contributed by atoms with van der Waals surface area (Å²) in [4.78, 5) is 0. The van der Waals surface area contributed by atoms with Crippen molar-refractivity contribution >= 4 is 5.57 Å². The van der Waals surface area contributed by atoms with Crippen LogP contribution in [-0.4, -0.2) is 0 Å². The first-order valence-corrected chi connectivity index (χ1v) is 6.61. The molecule has 0 radical (unpaired) electrons. The van der Waals surface area contributed by atoms with Crippen molar-refractivity contribution < 1.29 is 0 Å². The summed E-state index contributed by atoms with van der Waals surface area (Å²) in [5, 5.41) is 0. The average Bonchev–Trinajstić information content (AvgIpc) is 2.96. The van der Waals surface area contributed by atoms with E-state index in [1.807, 2.05) is 0 Å². The summed E-state index contributed by atoms with van der Waals surface area (Å²) < 4.78 is 0. The molecule has 0 nitrogen and oxygen atoms in total. The number of hydrogen-bond donors (Lipinski definition) is 0. The van der Waals surface area contributed by atoms with Gasteiger partial charge < -0.3 is 0 Å². The lowest BCUT2D eigenvalue weighted by Crippen LogP contribution is -1.80. The maximum absolute atomic E-state index is 2.28. The predicted molar refractivity (Wildman–Crippen MR) is 81.8 cm³/mol. The Balaban J connectivity index is 1.75. The third-order valence-electron chi connectivity index (χ3n) is 3.30. The highest BCUT2D eigenvalue weighted by Gasteiger charge is 2.03. The summed E-state index contributed by atoms with van der Waals surface area (Å²) in [5.74, 6) is 0. The van der Waals surface area contributed by atoms with E-state index in [0.29, 0.717) is 0 Å².